The van der Waals surface area contributed by atoms with Crippen LogP contribution in [0.3, 0.4) is 0 Å². The van der Waals surface area contributed by atoms with Gasteiger partial charge in [0.15, 0.2) is 0 Å². The molecule has 6 heteroatoms. The Morgan fingerprint density at radius 1 is 1.43 bits per heavy atom. The molecule has 6 nitrogen and oxygen atoms in total. The first kappa shape index (κ1) is 15.9. The van der Waals surface area contributed by atoms with Crippen molar-refractivity contribution in [2.24, 2.45) is 0 Å². The summed E-state index contributed by atoms with van der Waals surface area (Å²) in [6, 6.07) is 5.74. The molecule has 1 aromatic carbocycles. The van der Waals surface area contributed by atoms with Gasteiger partial charge in [-0.2, -0.15) is 0 Å². The zero-order valence-corrected chi connectivity index (χ0v) is 12.7. The number of nitro groups is 1. The molecule has 0 aliphatic carbocycles. The summed E-state index contributed by atoms with van der Waals surface area (Å²) in [7, 11) is 0. The van der Waals surface area contributed by atoms with Gasteiger partial charge in [0.05, 0.1) is 18.1 Å². The number of nitro benzene ring substituents is 1. The van der Waals surface area contributed by atoms with Crippen molar-refractivity contribution < 1.29 is 9.66 Å². The highest BCUT2D eigenvalue weighted by Gasteiger charge is 2.14. The van der Waals surface area contributed by atoms with Crippen LogP contribution < -0.4 is 5.32 Å². The number of hydrogen-bond acceptors (Lipinski definition) is 5. The Morgan fingerprint density at radius 3 is 2.81 bits per heavy atom. The van der Waals surface area contributed by atoms with Gasteiger partial charge in [0.25, 0.3) is 5.69 Å². The number of benzene rings is 1. The van der Waals surface area contributed by atoms with Crippen LogP contribution in [0.25, 0.3) is 0 Å². The average Bonchev–Trinajstić information content (AvgIpc) is 2.47. The molecule has 0 aromatic heterocycles. The van der Waals surface area contributed by atoms with Crippen LogP contribution in [0.4, 0.5) is 5.69 Å². The fourth-order valence-corrected chi connectivity index (χ4v) is 2.49. The normalized spacial score (nSPS) is 17.6. The molecule has 1 heterocycles. The van der Waals surface area contributed by atoms with Crippen LogP contribution in [-0.4, -0.2) is 48.7 Å². The highest BCUT2D eigenvalue weighted by atomic mass is 16.6. The van der Waals surface area contributed by atoms with Crippen molar-refractivity contribution in [2.45, 2.75) is 26.4 Å². The SMILES string of the molecule is Cc1ccc(CNC(C)CN2CCOCC2)cc1[N+](=O)[O-]. The molecule has 116 valence electrons. The van der Waals surface area contributed by atoms with Crippen LogP contribution >= 0.6 is 0 Å². The first-order chi connectivity index (χ1) is 10.1. The predicted octanol–water partition coefficient (Wildman–Crippen LogP) is 1.71. The number of aryl methyl sites for hydroxylation is 1. The smallest absolute Gasteiger partial charge is 0.272 e. The third-order valence-electron chi connectivity index (χ3n) is 3.76. The molecule has 1 fully saturated rings. The Labute approximate surface area is 125 Å². The van der Waals surface area contributed by atoms with Gasteiger partial charge in [0.2, 0.25) is 0 Å². The highest BCUT2D eigenvalue weighted by Crippen LogP contribution is 2.19. The van der Waals surface area contributed by atoms with Gasteiger partial charge in [-0.15, -0.1) is 0 Å². The first-order valence-electron chi connectivity index (χ1n) is 7.33. The van der Waals surface area contributed by atoms with Gasteiger partial charge in [0.1, 0.15) is 0 Å². The Balaban J connectivity index is 1.84. The van der Waals surface area contributed by atoms with Crippen LogP contribution in [0.1, 0.15) is 18.1 Å². The fourth-order valence-electron chi connectivity index (χ4n) is 2.49. The van der Waals surface area contributed by atoms with Gasteiger partial charge >= 0.3 is 0 Å². The number of morpholine rings is 1. The maximum Gasteiger partial charge on any atom is 0.272 e. The minimum atomic E-state index is -0.323. The molecule has 1 saturated heterocycles. The second kappa shape index (κ2) is 7.49. The summed E-state index contributed by atoms with van der Waals surface area (Å²) in [4.78, 5) is 13.0. The number of nitrogens with one attached hydrogen (secondary N) is 1. The monoisotopic (exact) mass is 293 g/mol. The van der Waals surface area contributed by atoms with E-state index in [9.17, 15) is 10.1 Å². The molecule has 1 atom stereocenters. The molecule has 2 rings (SSSR count). The molecule has 0 amide bonds. The second-order valence-corrected chi connectivity index (χ2v) is 5.57. The Morgan fingerprint density at radius 2 is 2.14 bits per heavy atom. The van der Waals surface area contributed by atoms with E-state index in [1.807, 2.05) is 12.1 Å². The molecule has 1 aliphatic heterocycles. The maximum absolute atomic E-state index is 10.9. The first-order valence-corrected chi connectivity index (χ1v) is 7.33. The lowest BCUT2D eigenvalue weighted by Crippen LogP contribution is -2.44. The molecule has 0 saturated carbocycles. The summed E-state index contributed by atoms with van der Waals surface area (Å²) in [5.41, 5.74) is 1.83. The molecule has 1 aromatic rings. The van der Waals surface area contributed by atoms with E-state index in [0.29, 0.717) is 18.2 Å². The lowest BCUT2D eigenvalue weighted by Gasteiger charge is -2.29. The van der Waals surface area contributed by atoms with Gasteiger partial charge in [0, 0.05) is 43.9 Å². The molecule has 21 heavy (non-hydrogen) atoms. The maximum atomic E-state index is 10.9. The quantitative estimate of drug-likeness (QED) is 0.639. The number of rotatable bonds is 6. The van der Waals surface area contributed by atoms with Crippen LogP contribution in [0.2, 0.25) is 0 Å². The van der Waals surface area contributed by atoms with E-state index in [4.69, 9.17) is 4.74 Å². The molecule has 1 aliphatic rings. The van der Waals surface area contributed by atoms with Gasteiger partial charge in [-0.1, -0.05) is 12.1 Å². The molecular weight excluding hydrogens is 270 g/mol. The largest absolute Gasteiger partial charge is 0.379 e. The van der Waals surface area contributed by atoms with E-state index in [-0.39, 0.29) is 10.6 Å². The van der Waals surface area contributed by atoms with Gasteiger partial charge in [-0.3, -0.25) is 15.0 Å². The van der Waals surface area contributed by atoms with Crippen molar-refractivity contribution >= 4 is 5.69 Å². The van der Waals surface area contributed by atoms with Crippen molar-refractivity contribution in [1.29, 1.82) is 0 Å². The summed E-state index contributed by atoms with van der Waals surface area (Å²) in [6.45, 7) is 9.07. The summed E-state index contributed by atoms with van der Waals surface area (Å²) < 4.78 is 5.33. The van der Waals surface area contributed by atoms with Crippen molar-refractivity contribution in [3.63, 3.8) is 0 Å². The van der Waals surface area contributed by atoms with Crippen LogP contribution in [0, 0.1) is 17.0 Å². The zero-order chi connectivity index (χ0) is 15.2. The number of nitrogens with zero attached hydrogens (tertiary/aromatic N) is 2. The minimum absolute atomic E-state index is 0.190. The molecular formula is C15H23N3O3. The van der Waals surface area contributed by atoms with Gasteiger partial charge < -0.3 is 10.1 Å². The summed E-state index contributed by atoms with van der Waals surface area (Å²) in [5.74, 6) is 0. The van der Waals surface area contributed by atoms with E-state index < -0.39 is 0 Å². The Hall–Kier alpha value is -1.50. The highest BCUT2D eigenvalue weighted by molar-refractivity contribution is 5.42. The van der Waals surface area contributed by atoms with E-state index in [1.165, 1.54) is 0 Å². The molecule has 0 radical (unpaired) electrons. The van der Waals surface area contributed by atoms with E-state index in [0.717, 1.165) is 38.4 Å². The summed E-state index contributed by atoms with van der Waals surface area (Å²) in [5, 5.41) is 14.4. The predicted molar refractivity (Wildman–Crippen MR) is 81.4 cm³/mol. The third kappa shape index (κ3) is 4.77. The molecule has 0 spiro atoms. The van der Waals surface area contributed by atoms with Crippen molar-refractivity contribution in [1.82, 2.24) is 10.2 Å². The average molecular weight is 293 g/mol. The molecule has 1 unspecified atom stereocenters. The van der Waals surface area contributed by atoms with Crippen molar-refractivity contribution in [2.75, 3.05) is 32.8 Å². The van der Waals surface area contributed by atoms with E-state index in [1.54, 1.807) is 13.0 Å². The Bertz CT molecular complexity index is 487. The lowest BCUT2D eigenvalue weighted by molar-refractivity contribution is -0.385. The van der Waals surface area contributed by atoms with Crippen LogP contribution in [0.15, 0.2) is 18.2 Å². The Kier molecular flexibility index (Phi) is 5.67. The third-order valence-corrected chi connectivity index (χ3v) is 3.76. The number of ether oxygens (including phenoxy) is 1. The van der Waals surface area contributed by atoms with Crippen LogP contribution in [-0.2, 0) is 11.3 Å². The van der Waals surface area contributed by atoms with E-state index in [2.05, 4.69) is 17.1 Å². The topological polar surface area (TPSA) is 67.6 Å². The van der Waals surface area contributed by atoms with Crippen molar-refractivity contribution in [3.8, 4) is 0 Å². The molecule has 1 N–H and O–H groups in total. The van der Waals surface area contributed by atoms with Gasteiger partial charge in [-0.05, 0) is 19.4 Å². The fraction of sp³-hybridized carbons (Fsp3) is 0.600. The standard InChI is InChI=1S/C15H23N3O3/c1-12-3-4-14(9-15(12)18(19)20)10-16-13(2)11-17-5-7-21-8-6-17/h3-4,9,13,16H,5-8,10-11H2,1-2H3. The van der Waals surface area contributed by atoms with Gasteiger partial charge in [-0.25, -0.2) is 0 Å². The van der Waals surface area contributed by atoms with Crippen LogP contribution in [0.5, 0.6) is 0 Å². The summed E-state index contributed by atoms with van der Waals surface area (Å²) >= 11 is 0. The minimum Gasteiger partial charge on any atom is -0.379 e. The lowest BCUT2D eigenvalue weighted by atomic mass is 10.1. The summed E-state index contributed by atoms with van der Waals surface area (Å²) in [6.07, 6.45) is 0. The van der Waals surface area contributed by atoms with E-state index >= 15 is 0 Å². The molecule has 0 bridgehead atoms. The second-order valence-electron chi connectivity index (χ2n) is 5.57. The number of hydrogen-bond donors (Lipinski definition) is 1. The van der Waals surface area contributed by atoms with Crippen molar-refractivity contribution in [3.05, 3.63) is 39.4 Å². The zero-order valence-electron chi connectivity index (χ0n) is 12.7.